The van der Waals surface area contributed by atoms with E-state index in [0.29, 0.717) is 16.5 Å². The second-order valence-electron chi connectivity index (χ2n) is 3.69. The van der Waals surface area contributed by atoms with Crippen molar-refractivity contribution in [3.05, 3.63) is 41.7 Å². The zero-order valence-electron chi connectivity index (χ0n) is 9.58. The first-order chi connectivity index (χ1) is 8.86. The smallest absolute Gasteiger partial charge is 0.240 e. The van der Waals surface area contributed by atoms with Gasteiger partial charge >= 0.3 is 0 Å². The van der Waals surface area contributed by atoms with E-state index >= 15 is 0 Å². The quantitative estimate of drug-likeness (QED) is 0.839. The van der Waals surface area contributed by atoms with Crippen molar-refractivity contribution in [1.29, 1.82) is 0 Å². The lowest BCUT2D eigenvalue weighted by molar-refractivity contribution is 0.480. The average molecular weight is 300 g/mol. The fourth-order valence-electron chi connectivity index (χ4n) is 1.43. The Balaban J connectivity index is 2.31. The second kappa shape index (κ2) is 5.04. The third kappa shape index (κ3) is 3.34. The molecule has 0 amide bonds. The van der Waals surface area contributed by atoms with Gasteiger partial charge in [0.15, 0.2) is 0 Å². The van der Waals surface area contributed by atoms with Crippen molar-refractivity contribution < 1.29 is 13.2 Å². The van der Waals surface area contributed by atoms with E-state index in [1.54, 1.807) is 6.07 Å². The number of hydrogen-bond donors (Lipinski definition) is 2. The molecule has 0 atom stereocenters. The number of halogens is 1. The number of nitrogens with zero attached hydrogens (tertiary/aromatic N) is 1. The molecule has 0 aliphatic carbocycles. The van der Waals surface area contributed by atoms with E-state index in [-0.39, 0.29) is 10.6 Å². The minimum absolute atomic E-state index is 0.00925. The number of nitrogens with two attached hydrogens (primary N) is 2. The zero-order valence-corrected chi connectivity index (χ0v) is 11.1. The number of aromatic nitrogens is 1. The Morgan fingerprint density at radius 2 is 1.89 bits per heavy atom. The first-order valence-corrected chi connectivity index (χ1v) is 6.99. The summed E-state index contributed by atoms with van der Waals surface area (Å²) in [6.07, 6.45) is 2.93. The van der Waals surface area contributed by atoms with Crippen LogP contribution in [-0.2, 0) is 10.0 Å². The Morgan fingerprint density at radius 1 is 1.16 bits per heavy atom. The first kappa shape index (κ1) is 13.6. The van der Waals surface area contributed by atoms with Crippen LogP contribution in [0.5, 0.6) is 11.5 Å². The number of rotatable bonds is 3. The number of hydrogen-bond acceptors (Lipinski definition) is 5. The van der Waals surface area contributed by atoms with E-state index in [0.717, 1.165) is 0 Å². The Bertz CT molecular complexity index is 719. The van der Waals surface area contributed by atoms with Gasteiger partial charge in [0.25, 0.3) is 0 Å². The standard InChI is InChI=1S/C11H10ClN3O3S/c12-7-3-9(6-15-5-7)18-8-1-2-11(10(13)4-8)19(14,16)17/h1-6H,13H2,(H2,14,16,17). The number of benzene rings is 1. The molecule has 0 fully saturated rings. The van der Waals surface area contributed by atoms with E-state index in [9.17, 15) is 8.42 Å². The predicted molar refractivity (Wildman–Crippen MR) is 71.5 cm³/mol. The fraction of sp³-hybridized carbons (Fsp3) is 0. The number of nitrogen functional groups attached to an aromatic ring is 1. The molecule has 19 heavy (non-hydrogen) atoms. The summed E-state index contributed by atoms with van der Waals surface area (Å²) in [5.74, 6) is 0.768. The van der Waals surface area contributed by atoms with Crippen LogP contribution in [0.3, 0.4) is 0 Å². The minimum Gasteiger partial charge on any atom is -0.456 e. The van der Waals surface area contributed by atoms with E-state index in [2.05, 4.69) is 4.98 Å². The monoisotopic (exact) mass is 299 g/mol. The Kier molecular flexibility index (Phi) is 3.61. The molecule has 0 aliphatic rings. The molecule has 1 aromatic carbocycles. The summed E-state index contributed by atoms with van der Waals surface area (Å²) in [6.45, 7) is 0. The number of pyridine rings is 1. The summed E-state index contributed by atoms with van der Waals surface area (Å²) < 4.78 is 27.8. The second-order valence-corrected chi connectivity index (χ2v) is 5.65. The summed E-state index contributed by atoms with van der Waals surface area (Å²) in [5.41, 5.74) is 5.62. The third-order valence-electron chi connectivity index (χ3n) is 2.20. The van der Waals surface area contributed by atoms with Crippen LogP contribution in [0, 0.1) is 0 Å². The lowest BCUT2D eigenvalue weighted by atomic mass is 10.3. The van der Waals surface area contributed by atoms with Gasteiger partial charge < -0.3 is 10.5 Å². The van der Waals surface area contributed by atoms with Crippen LogP contribution in [0.25, 0.3) is 0 Å². The van der Waals surface area contributed by atoms with Crippen LogP contribution in [0.1, 0.15) is 0 Å². The van der Waals surface area contributed by atoms with E-state index < -0.39 is 10.0 Å². The van der Waals surface area contributed by atoms with Crippen LogP contribution in [0.15, 0.2) is 41.6 Å². The van der Waals surface area contributed by atoms with Gasteiger partial charge in [-0.05, 0) is 12.1 Å². The van der Waals surface area contributed by atoms with E-state index in [1.807, 2.05) is 0 Å². The van der Waals surface area contributed by atoms with E-state index in [1.165, 1.54) is 30.6 Å². The number of sulfonamides is 1. The Hall–Kier alpha value is -1.83. The molecule has 8 heteroatoms. The van der Waals surface area contributed by atoms with Crippen LogP contribution >= 0.6 is 11.6 Å². The van der Waals surface area contributed by atoms with Crippen molar-refractivity contribution in [1.82, 2.24) is 4.98 Å². The van der Waals surface area contributed by atoms with Crippen LogP contribution in [-0.4, -0.2) is 13.4 Å². The molecular formula is C11H10ClN3O3S. The molecule has 0 aliphatic heterocycles. The Labute approximate surface area is 115 Å². The maximum absolute atomic E-state index is 11.2. The molecule has 0 saturated heterocycles. The van der Waals surface area contributed by atoms with Crippen LogP contribution in [0.4, 0.5) is 5.69 Å². The number of ether oxygens (including phenoxy) is 1. The molecule has 6 nitrogen and oxygen atoms in total. The molecule has 4 N–H and O–H groups in total. The summed E-state index contributed by atoms with van der Waals surface area (Å²) >= 11 is 5.76. The van der Waals surface area contributed by atoms with Gasteiger partial charge in [0.05, 0.1) is 16.9 Å². The molecule has 0 spiro atoms. The first-order valence-electron chi connectivity index (χ1n) is 5.07. The molecule has 2 rings (SSSR count). The molecule has 0 saturated carbocycles. The Morgan fingerprint density at radius 3 is 2.47 bits per heavy atom. The minimum atomic E-state index is -3.84. The molecule has 0 unspecified atom stereocenters. The normalized spacial score (nSPS) is 11.3. The molecular weight excluding hydrogens is 290 g/mol. The summed E-state index contributed by atoms with van der Waals surface area (Å²) in [7, 11) is -3.84. The van der Waals surface area contributed by atoms with Crippen molar-refractivity contribution in [3.8, 4) is 11.5 Å². The van der Waals surface area contributed by atoms with Crippen molar-refractivity contribution in [2.75, 3.05) is 5.73 Å². The van der Waals surface area contributed by atoms with Gasteiger partial charge in [-0.3, -0.25) is 4.98 Å². The SMILES string of the molecule is Nc1cc(Oc2cncc(Cl)c2)ccc1S(N)(=O)=O. The average Bonchev–Trinajstić information content (AvgIpc) is 2.27. The summed E-state index contributed by atoms with van der Waals surface area (Å²) in [6, 6.07) is 5.65. The maximum atomic E-state index is 11.2. The fourth-order valence-corrected chi connectivity index (χ4v) is 2.24. The predicted octanol–water partition coefficient (Wildman–Crippen LogP) is 1.76. The van der Waals surface area contributed by atoms with Gasteiger partial charge in [-0.1, -0.05) is 11.6 Å². The highest BCUT2D eigenvalue weighted by Gasteiger charge is 2.13. The van der Waals surface area contributed by atoms with Gasteiger partial charge in [-0.25, -0.2) is 13.6 Å². The number of anilines is 1. The molecule has 1 heterocycles. The van der Waals surface area contributed by atoms with E-state index in [4.69, 9.17) is 27.2 Å². The van der Waals surface area contributed by atoms with Crippen LogP contribution in [0.2, 0.25) is 5.02 Å². The number of primary sulfonamides is 1. The van der Waals surface area contributed by atoms with Gasteiger partial charge in [-0.2, -0.15) is 0 Å². The summed E-state index contributed by atoms with van der Waals surface area (Å²) in [5, 5.41) is 5.43. The van der Waals surface area contributed by atoms with Gasteiger partial charge in [0.1, 0.15) is 16.4 Å². The molecule has 1 aromatic heterocycles. The van der Waals surface area contributed by atoms with Gasteiger partial charge in [-0.15, -0.1) is 0 Å². The van der Waals surface area contributed by atoms with Crippen molar-refractivity contribution >= 4 is 27.3 Å². The van der Waals surface area contributed by atoms with Gasteiger partial charge in [0.2, 0.25) is 10.0 Å². The molecule has 2 aromatic rings. The van der Waals surface area contributed by atoms with Crippen molar-refractivity contribution in [3.63, 3.8) is 0 Å². The van der Waals surface area contributed by atoms with Gasteiger partial charge in [0, 0.05) is 18.3 Å². The molecule has 0 bridgehead atoms. The van der Waals surface area contributed by atoms with Crippen molar-refractivity contribution in [2.45, 2.75) is 4.90 Å². The summed E-state index contributed by atoms with van der Waals surface area (Å²) in [4.78, 5) is 3.71. The third-order valence-corrected chi connectivity index (χ3v) is 3.39. The highest BCUT2D eigenvalue weighted by atomic mass is 35.5. The highest BCUT2D eigenvalue weighted by molar-refractivity contribution is 7.89. The zero-order chi connectivity index (χ0) is 14.0. The largest absolute Gasteiger partial charge is 0.456 e. The van der Waals surface area contributed by atoms with Crippen LogP contribution < -0.4 is 15.6 Å². The highest BCUT2D eigenvalue weighted by Crippen LogP contribution is 2.27. The lowest BCUT2D eigenvalue weighted by Crippen LogP contribution is -2.14. The van der Waals surface area contributed by atoms with Crippen molar-refractivity contribution in [2.24, 2.45) is 5.14 Å². The maximum Gasteiger partial charge on any atom is 0.240 e. The molecule has 0 radical (unpaired) electrons. The lowest BCUT2D eigenvalue weighted by Gasteiger charge is -2.08. The molecule has 100 valence electrons. The topological polar surface area (TPSA) is 108 Å².